The second-order valence-electron chi connectivity index (χ2n) is 10.8. The van der Waals surface area contributed by atoms with E-state index in [-0.39, 0.29) is 24.0 Å². The molecule has 0 aliphatic carbocycles. The lowest BCUT2D eigenvalue weighted by molar-refractivity contribution is -0.138. The van der Waals surface area contributed by atoms with Crippen LogP contribution in [0.25, 0.3) is 0 Å². The monoisotopic (exact) mass is 475 g/mol. The topological polar surface area (TPSA) is 85.7 Å². The van der Waals surface area contributed by atoms with Gasteiger partial charge in [-0.3, -0.25) is 4.79 Å². The van der Waals surface area contributed by atoms with Crippen molar-refractivity contribution in [3.63, 3.8) is 0 Å². The number of carbonyl (C=O) groups is 1. The number of aliphatic hydroxyl groups is 2. The van der Waals surface area contributed by atoms with Gasteiger partial charge in [0.2, 0.25) is 5.91 Å². The third kappa shape index (κ3) is 5.51. The maximum Gasteiger partial charge on any atom is 0.219 e. The van der Waals surface area contributed by atoms with Crippen LogP contribution in [0.3, 0.4) is 0 Å². The minimum Gasteiger partial charge on any atom is -0.497 e. The molecule has 3 fully saturated rings. The van der Waals surface area contributed by atoms with Gasteiger partial charge in [0.15, 0.2) is 0 Å². The molecule has 1 aromatic rings. The summed E-state index contributed by atoms with van der Waals surface area (Å²) in [6, 6.07) is 7.74. The van der Waals surface area contributed by atoms with E-state index < -0.39 is 11.2 Å². The summed E-state index contributed by atoms with van der Waals surface area (Å²) in [7, 11) is 3.41. The number of amides is 1. The molecule has 190 valence electrons. The number of nitrogens with zero attached hydrogens (tertiary/aromatic N) is 3. The zero-order valence-electron chi connectivity index (χ0n) is 21.1. The van der Waals surface area contributed by atoms with Crippen LogP contribution in [-0.4, -0.2) is 103 Å². The number of carbonyl (C=O) groups excluding carboxylic acids is 1. The van der Waals surface area contributed by atoms with Gasteiger partial charge in [0.1, 0.15) is 5.75 Å². The van der Waals surface area contributed by atoms with Gasteiger partial charge in [-0.05, 0) is 56.9 Å². The first-order valence-electron chi connectivity index (χ1n) is 12.5. The van der Waals surface area contributed by atoms with Gasteiger partial charge >= 0.3 is 0 Å². The number of anilines is 1. The largest absolute Gasteiger partial charge is 0.497 e. The SMILES string of the molecule is COc1ccc(N2CCC(O)(CN3CC[C@H]4OC[C@@H](N(C)C(C)=O)[C@](C)(O)C[C@H]4C3)CC2)cc1. The fourth-order valence-electron chi connectivity index (χ4n) is 6.00. The minimum absolute atomic E-state index is 0.0661. The van der Waals surface area contributed by atoms with Gasteiger partial charge in [-0.25, -0.2) is 0 Å². The van der Waals surface area contributed by atoms with E-state index in [2.05, 4.69) is 21.9 Å². The lowest BCUT2D eigenvalue weighted by Gasteiger charge is -2.45. The van der Waals surface area contributed by atoms with E-state index in [1.54, 1.807) is 19.1 Å². The van der Waals surface area contributed by atoms with Crippen LogP contribution in [-0.2, 0) is 9.53 Å². The lowest BCUT2D eigenvalue weighted by atomic mass is 9.81. The van der Waals surface area contributed by atoms with Crippen molar-refractivity contribution in [3.8, 4) is 5.75 Å². The van der Waals surface area contributed by atoms with Crippen molar-refractivity contribution in [3.05, 3.63) is 24.3 Å². The predicted octanol–water partition coefficient (Wildman–Crippen LogP) is 1.74. The third-order valence-corrected chi connectivity index (χ3v) is 8.22. The van der Waals surface area contributed by atoms with Crippen molar-refractivity contribution in [2.45, 2.75) is 62.9 Å². The Hall–Kier alpha value is -1.87. The number of likely N-dealkylation sites (N-methyl/N-ethyl adjacent to an activating group) is 1. The van der Waals surface area contributed by atoms with E-state index in [1.807, 2.05) is 19.1 Å². The van der Waals surface area contributed by atoms with Crippen LogP contribution < -0.4 is 9.64 Å². The van der Waals surface area contributed by atoms with Crippen molar-refractivity contribution in [1.29, 1.82) is 0 Å². The average molecular weight is 476 g/mol. The van der Waals surface area contributed by atoms with E-state index in [4.69, 9.17) is 9.47 Å². The smallest absolute Gasteiger partial charge is 0.219 e. The van der Waals surface area contributed by atoms with E-state index >= 15 is 0 Å². The summed E-state index contributed by atoms with van der Waals surface area (Å²) in [5.74, 6) is 0.960. The number of hydrogen-bond donors (Lipinski definition) is 2. The molecule has 3 heterocycles. The summed E-state index contributed by atoms with van der Waals surface area (Å²) in [6.07, 6.45) is 3.00. The van der Waals surface area contributed by atoms with E-state index in [9.17, 15) is 15.0 Å². The Morgan fingerprint density at radius 1 is 1.21 bits per heavy atom. The molecular formula is C26H41N3O5. The highest BCUT2D eigenvalue weighted by Crippen LogP contribution is 2.36. The fourth-order valence-corrected chi connectivity index (χ4v) is 6.00. The quantitative estimate of drug-likeness (QED) is 0.671. The molecule has 0 radical (unpaired) electrons. The van der Waals surface area contributed by atoms with E-state index in [0.717, 1.165) is 56.9 Å². The van der Waals surface area contributed by atoms with Gasteiger partial charge in [0.05, 0.1) is 37.1 Å². The first-order chi connectivity index (χ1) is 16.1. The molecule has 34 heavy (non-hydrogen) atoms. The van der Waals surface area contributed by atoms with Crippen molar-refractivity contribution in [2.24, 2.45) is 5.92 Å². The molecule has 8 heteroatoms. The molecule has 4 rings (SSSR count). The van der Waals surface area contributed by atoms with Gasteiger partial charge in [-0.15, -0.1) is 0 Å². The Morgan fingerprint density at radius 2 is 1.88 bits per heavy atom. The van der Waals surface area contributed by atoms with Crippen LogP contribution in [0, 0.1) is 5.92 Å². The Morgan fingerprint density at radius 3 is 2.50 bits per heavy atom. The number of fused-ring (bicyclic) bond motifs is 1. The summed E-state index contributed by atoms with van der Waals surface area (Å²) in [5, 5.41) is 22.6. The summed E-state index contributed by atoms with van der Waals surface area (Å²) in [5.41, 5.74) is -0.559. The highest BCUT2D eigenvalue weighted by atomic mass is 16.5. The molecular weight excluding hydrogens is 434 g/mol. The van der Waals surface area contributed by atoms with Gasteiger partial charge in [0, 0.05) is 58.3 Å². The van der Waals surface area contributed by atoms with Gasteiger partial charge in [-0.2, -0.15) is 0 Å². The molecule has 4 atom stereocenters. The first kappa shape index (κ1) is 25.2. The zero-order valence-corrected chi connectivity index (χ0v) is 21.1. The van der Waals surface area contributed by atoms with Crippen molar-refractivity contribution in [1.82, 2.24) is 9.80 Å². The number of ether oxygens (including phenoxy) is 2. The Bertz CT molecular complexity index is 837. The molecule has 0 unspecified atom stereocenters. The van der Waals surface area contributed by atoms with Gasteiger partial charge in [-0.1, -0.05) is 0 Å². The van der Waals surface area contributed by atoms with Crippen molar-refractivity contribution in [2.75, 3.05) is 58.4 Å². The third-order valence-electron chi connectivity index (χ3n) is 8.22. The maximum absolute atomic E-state index is 11.9. The number of β-amino-alcohol motifs (C(OH)–C–C–N with tert-alkyl or cyclic N) is 1. The Balaban J connectivity index is 1.33. The number of benzene rings is 1. The predicted molar refractivity (Wildman–Crippen MR) is 131 cm³/mol. The molecule has 3 aliphatic heterocycles. The van der Waals surface area contributed by atoms with Crippen LogP contribution >= 0.6 is 0 Å². The number of rotatable bonds is 5. The summed E-state index contributed by atoms with van der Waals surface area (Å²) >= 11 is 0. The number of hydrogen-bond acceptors (Lipinski definition) is 7. The number of methoxy groups -OCH3 is 1. The molecule has 2 N–H and O–H groups in total. The van der Waals surface area contributed by atoms with Crippen LogP contribution in [0.5, 0.6) is 5.75 Å². The van der Waals surface area contributed by atoms with Crippen LogP contribution in [0.1, 0.15) is 39.5 Å². The first-order valence-corrected chi connectivity index (χ1v) is 12.5. The number of piperidine rings is 2. The van der Waals surface area contributed by atoms with Crippen molar-refractivity contribution >= 4 is 11.6 Å². The molecule has 8 nitrogen and oxygen atoms in total. The second kappa shape index (κ2) is 10.0. The Labute approximate surface area is 203 Å². The lowest BCUT2D eigenvalue weighted by Crippen LogP contribution is -2.55. The number of likely N-dealkylation sites (tertiary alicyclic amines) is 1. The fraction of sp³-hybridized carbons (Fsp3) is 0.731. The van der Waals surface area contributed by atoms with Gasteiger partial charge < -0.3 is 34.4 Å². The maximum atomic E-state index is 11.9. The molecule has 1 amide bonds. The second-order valence-corrected chi connectivity index (χ2v) is 10.8. The molecule has 0 spiro atoms. The Kier molecular flexibility index (Phi) is 7.43. The molecule has 0 saturated carbocycles. The zero-order chi connectivity index (χ0) is 24.5. The highest BCUT2D eigenvalue weighted by molar-refractivity contribution is 5.73. The average Bonchev–Trinajstić information content (AvgIpc) is 2.93. The molecule has 0 aromatic heterocycles. The molecule has 0 bridgehead atoms. The minimum atomic E-state index is -1.01. The van der Waals surface area contributed by atoms with Crippen LogP contribution in [0.15, 0.2) is 24.3 Å². The molecule has 3 aliphatic rings. The normalized spacial score (nSPS) is 31.9. The van der Waals surface area contributed by atoms with E-state index in [1.165, 1.54) is 6.92 Å². The molecule has 1 aromatic carbocycles. The van der Waals surface area contributed by atoms with E-state index in [0.29, 0.717) is 19.6 Å². The van der Waals surface area contributed by atoms with Crippen LogP contribution in [0.4, 0.5) is 5.69 Å². The van der Waals surface area contributed by atoms with Crippen LogP contribution in [0.2, 0.25) is 0 Å². The highest BCUT2D eigenvalue weighted by Gasteiger charge is 2.46. The summed E-state index contributed by atoms with van der Waals surface area (Å²) < 4.78 is 11.5. The summed E-state index contributed by atoms with van der Waals surface area (Å²) in [6.45, 7) is 7.66. The van der Waals surface area contributed by atoms with Crippen molar-refractivity contribution < 1.29 is 24.5 Å². The van der Waals surface area contributed by atoms with Gasteiger partial charge in [0.25, 0.3) is 0 Å². The summed E-state index contributed by atoms with van der Waals surface area (Å²) in [4.78, 5) is 18.2. The molecule has 3 saturated heterocycles. The standard InChI is InChI=1S/C26H41N3O5/c1-19(30)27(3)24-17-34-23-9-12-28(16-20(23)15-25(24,2)31)18-26(32)10-13-29(14-11-26)21-5-7-22(33-4)8-6-21/h5-8,20,23-24,31-32H,9-18H2,1-4H3/t20-,23+,24+,25+/m0/s1.